The number of ether oxygens (including phenoxy) is 3. The first-order valence-corrected chi connectivity index (χ1v) is 13.0. The van der Waals surface area contributed by atoms with Crippen molar-refractivity contribution in [3.8, 4) is 23.2 Å². The molecule has 0 spiro atoms. The second-order valence-electron chi connectivity index (χ2n) is 9.56. The zero-order chi connectivity index (χ0) is 29.4. The molecule has 4 N–H and O–H groups in total. The molecule has 2 aromatic carbocycles. The van der Waals surface area contributed by atoms with Gasteiger partial charge in [0.05, 0.1) is 26.5 Å². The summed E-state index contributed by atoms with van der Waals surface area (Å²) in [5.74, 6) is -2.49. The number of hydrogen-bond acceptors (Lipinski definition) is 8. The summed E-state index contributed by atoms with van der Waals surface area (Å²) in [6, 6.07) is 13.6. The van der Waals surface area contributed by atoms with Crippen LogP contribution in [0.5, 0.6) is 17.5 Å². The first-order chi connectivity index (χ1) is 20.3. The molecular weight excluding hydrogens is 550 g/mol. The van der Waals surface area contributed by atoms with E-state index in [2.05, 4.69) is 15.1 Å². The van der Waals surface area contributed by atoms with Gasteiger partial charge in [0, 0.05) is 46.9 Å². The predicted octanol–water partition coefficient (Wildman–Crippen LogP) is 3.96. The Morgan fingerprint density at radius 1 is 1.14 bits per heavy atom. The van der Waals surface area contributed by atoms with Crippen LogP contribution < -0.4 is 15.2 Å². The van der Waals surface area contributed by atoms with Gasteiger partial charge in [-0.1, -0.05) is 6.07 Å². The van der Waals surface area contributed by atoms with Crippen molar-refractivity contribution < 1.29 is 32.9 Å². The Balaban J connectivity index is 1.25. The van der Waals surface area contributed by atoms with Gasteiger partial charge in [0.1, 0.15) is 17.6 Å². The number of methoxy groups -OCH3 is 1. The number of nitrogens with two attached hydrogens (primary N) is 1. The van der Waals surface area contributed by atoms with Crippen molar-refractivity contribution in [2.24, 2.45) is 0 Å². The molecule has 42 heavy (non-hydrogen) atoms. The number of morpholine rings is 1. The van der Waals surface area contributed by atoms with E-state index in [4.69, 9.17) is 19.9 Å². The highest BCUT2D eigenvalue weighted by atomic mass is 19.2. The molecule has 5 aromatic rings. The maximum absolute atomic E-state index is 14.0. The van der Waals surface area contributed by atoms with Crippen LogP contribution in [0.4, 0.5) is 14.6 Å². The number of nitrogens with zero attached hydrogens (tertiary/aromatic N) is 4. The number of amides is 1. The first-order valence-electron chi connectivity index (χ1n) is 13.0. The molecule has 6 rings (SSSR count). The summed E-state index contributed by atoms with van der Waals surface area (Å²) >= 11 is 0. The molecule has 13 heteroatoms. The number of pyridine rings is 1. The molecule has 0 aliphatic carbocycles. The lowest BCUT2D eigenvalue weighted by Crippen LogP contribution is -2.40. The van der Waals surface area contributed by atoms with E-state index >= 15 is 0 Å². The number of halogens is 2. The maximum atomic E-state index is 14.0. The predicted molar refractivity (Wildman–Crippen MR) is 148 cm³/mol. The fourth-order valence-corrected chi connectivity index (χ4v) is 4.79. The summed E-state index contributed by atoms with van der Waals surface area (Å²) < 4.78 is 45.0. The highest BCUT2D eigenvalue weighted by Crippen LogP contribution is 2.34. The van der Waals surface area contributed by atoms with E-state index in [0.29, 0.717) is 48.8 Å². The summed E-state index contributed by atoms with van der Waals surface area (Å²) in [6.07, 6.45) is 0.257. The van der Waals surface area contributed by atoms with Crippen LogP contribution in [0.1, 0.15) is 27.7 Å². The highest BCUT2D eigenvalue weighted by molar-refractivity contribution is 5.98. The lowest BCUT2D eigenvalue weighted by Gasteiger charge is -2.26. The minimum atomic E-state index is -1.16. The van der Waals surface area contributed by atoms with Crippen LogP contribution in [0.2, 0.25) is 0 Å². The van der Waals surface area contributed by atoms with Gasteiger partial charge in [-0.15, -0.1) is 0 Å². The van der Waals surface area contributed by atoms with E-state index in [1.807, 2.05) is 0 Å². The minimum absolute atomic E-state index is 0.0447. The number of hydrogen-bond donors (Lipinski definition) is 3. The van der Waals surface area contributed by atoms with Crippen molar-refractivity contribution in [2.75, 3.05) is 39.1 Å². The van der Waals surface area contributed by atoms with Gasteiger partial charge in [0.25, 0.3) is 5.91 Å². The molecule has 0 radical (unpaired) electrons. The number of anilines is 1. The number of H-pyrrole nitrogens is 1. The molecule has 11 nitrogen and oxygen atoms in total. The SMILES string of the molecule is COc1nc(Oc2cccc(F)c2F)ccc1-n1ncc(C(O)c2cc3cc(C(=O)N4CCOCC4)ccc3[nH]2)c1N. The van der Waals surface area contributed by atoms with Crippen molar-refractivity contribution in [3.05, 3.63) is 89.2 Å². The third-order valence-electron chi connectivity index (χ3n) is 6.98. The van der Waals surface area contributed by atoms with E-state index in [1.165, 1.54) is 42.3 Å². The van der Waals surface area contributed by atoms with Gasteiger partial charge in [-0.2, -0.15) is 14.5 Å². The number of aromatic nitrogens is 4. The third kappa shape index (κ3) is 4.99. The number of fused-ring (bicyclic) bond motifs is 1. The van der Waals surface area contributed by atoms with Gasteiger partial charge in [0.15, 0.2) is 11.6 Å². The van der Waals surface area contributed by atoms with Crippen molar-refractivity contribution in [3.63, 3.8) is 0 Å². The van der Waals surface area contributed by atoms with Crippen LogP contribution in [0.15, 0.2) is 60.8 Å². The van der Waals surface area contributed by atoms with Crippen LogP contribution in [0.25, 0.3) is 16.6 Å². The minimum Gasteiger partial charge on any atom is -0.479 e. The average molecular weight is 577 g/mol. The smallest absolute Gasteiger partial charge is 0.254 e. The van der Waals surface area contributed by atoms with Crippen molar-refractivity contribution in [1.82, 2.24) is 24.6 Å². The summed E-state index contributed by atoms with van der Waals surface area (Å²) in [4.78, 5) is 22.1. The molecule has 216 valence electrons. The zero-order valence-electron chi connectivity index (χ0n) is 22.4. The van der Waals surface area contributed by atoms with Gasteiger partial charge in [-0.3, -0.25) is 4.79 Å². The van der Waals surface area contributed by atoms with Gasteiger partial charge in [-0.25, -0.2) is 9.07 Å². The highest BCUT2D eigenvalue weighted by Gasteiger charge is 2.24. The van der Waals surface area contributed by atoms with Crippen molar-refractivity contribution in [1.29, 1.82) is 0 Å². The Morgan fingerprint density at radius 3 is 2.74 bits per heavy atom. The number of benzene rings is 2. The van der Waals surface area contributed by atoms with E-state index < -0.39 is 17.7 Å². The number of aliphatic hydroxyl groups is 1. The van der Waals surface area contributed by atoms with Crippen LogP contribution in [-0.4, -0.2) is 69.1 Å². The number of nitrogens with one attached hydrogen (secondary N) is 1. The summed E-state index contributed by atoms with van der Waals surface area (Å²) in [7, 11) is 1.37. The van der Waals surface area contributed by atoms with Gasteiger partial charge >= 0.3 is 0 Å². The molecule has 1 fully saturated rings. The summed E-state index contributed by atoms with van der Waals surface area (Å²) in [6.45, 7) is 2.11. The van der Waals surface area contributed by atoms with E-state index in [1.54, 1.807) is 29.2 Å². The molecular formula is C29H26F2N6O5. The topological polar surface area (TPSA) is 141 Å². The summed E-state index contributed by atoms with van der Waals surface area (Å²) in [5, 5.41) is 16.3. The number of aliphatic hydroxyl groups excluding tert-OH is 1. The quantitative estimate of drug-likeness (QED) is 0.265. The molecule has 0 bridgehead atoms. The molecule has 3 aromatic heterocycles. The Kier molecular flexibility index (Phi) is 7.19. The number of carbonyl (C=O) groups excluding carboxylic acids is 1. The Bertz CT molecular complexity index is 1780. The van der Waals surface area contributed by atoms with E-state index in [-0.39, 0.29) is 29.2 Å². The number of nitrogen functional groups attached to an aromatic ring is 1. The molecule has 1 atom stereocenters. The van der Waals surface area contributed by atoms with Crippen LogP contribution >= 0.6 is 0 Å². The number of carbonyl (C=O) groups is 1. The fourth-order valence-electron chi connectivity index (χ4n) is 4.79. The number of aromatic amines is 1. The maximum Gasteiger partial charge on any atom is 0.254 e. The van der Waals surface area contributed by atoms with Crippen LogP contribution in [0, 0.1) is 11.6 Å². The van der Waals surface area contributed by atoms with Crippen molar-refractivity contribution >= 4 is 22.6 Å². The van der Waals surface area contributed by atoms with Gasteiger partial charge in [-0.05, 0) is 42.5 Å². The van der Waals surface area contributed by atoms with Crippen molar-refractivity contribution in [2.45, 2.75) is 6.10 Å². The standard InChI is InChI=1S/C29H26F2N6O5/c1-40-28-22(7-8-24(35-28)42-23-4-2-3-19(30)25(23)31)37-27(32)18(15-33-37)26(38)21-14-17-13-16(5-6-20(17)34-21)29(39)36-9-11-41-12-10-36/h2-8,13-15,26,34,38H,9-12,32H2,1H3. The first kappa shape index (κ1) is 27.2. The third-order valence-corrected chi connectivity index (χ3v) is 6.98. The van der Waals surface area contributed by atoms with E-state index in [0.717, 1.165) is 17.0 Å². The Hall–Kier alpha value is -5.01. The molecule has 1 amide bonds. The van der Waals surface area contributed by atoms with Crippen LogP contribution in [0.3, 0.4) is 0 Å². The van der Waals surface area contributed by atoms with E-state index in [9.17, 15) is 18.7 Å². The average Bonchev–Trinajstić information content (AvgIpc) is 3.62. The lowest BCUT2D eigenvalue weighted by atomic mass is 10.1. The Labute approximate surface area is 238 Å². The number of rotatable bonds is 7. The molecule has 1 saturated heterocycles. The second-order valence-corrected chi connectivity index (χ2v) is 9.56. The molecule has 1 unspecified atom stereocenters. The monoisotopic (exact) mass is 576 g/mol. The normalized spacial score (nSPS) is 14.2. The summed E-state index contributed by atoms with van der Waals surface area (Å²) in [5.41, 5.74) is 8.78. The zero-order valence-corrected chi connectivity index (χ0v) is 22.4. The molecule has 0 saturated carbocycles. The molecule has 1 aliphatic heterocycles. The molecule has 4 heterocycles. The Morgan fingerprint density at radius 2 is 1.95 bits per heavy atom. The fraction of sp³-hybridized carbons (Fsp3) is 0.207. The molecule has 1 aliphatic rings. The lowest BCUT2D eigenvalue weighted by molar-refractivity contribution is 0.0303. The second kappa shape index (κ2) is 11.1. The van der Waals surface area contributed by atoms with Crippen LogP contribution in [-0.2, 0) is 4.74 Å². The van der Waals surface area contributed by atoms with Gasteiger partial charge in [0.2, 0.25) is 17.6 Å². The van der Waals surface area contributed by atoms with Gasteiger partial charge < -0.3 is 34.9 Å². The largest absolute Gasteiger partial charge is 0.479 e.